The van der Waals surface area contributed by atoms with Crippen molar-refractivity contribution in [2.45, 2.75) is 133 Å². The van der Waals surface area contributed by atoms with Crippen LogP contribution in [0.4, 0.5) is 0 Å². The molecule has 0 saturated carbocycles. The van der Waals surface area contributed by atoms with Gasteiger partial charge in [0.2, 0.25) is 0 Å². The number of hydrogen-bond acceptors (Lipinski definition) is 6. The number of fused-ring (bicyclic) bond motifs is 7. The van der Waals surface area contributed by atoms with E-state index in [4.69, 9.17) is 9.47 Å². The molecular formula is C49H66N4O5. The predicted octanol–water partition coefficient (Wildman–Crippen LogP) is 8.94. The van der Waals surface area contributed by atoms with E-state index in [1.807, 2.05) is 13.0 Å². The summed E-state index contributed by atoms with van der Waals surface area (Å²) < 4.78 is 11.1. The fraction of sp³-hybridized carbons (Fsp3) is 0.531. The van der Waals surface area contributed by atoms with Gasteiger partial charge in [-0.05, 0) is 118 Å². The van der Waals surface area contributed by atoms with Crippen molar-refractivity contribution in [2.24, 2.45) is 23.7 Å². The van der Waals surface area contributed by atoms with Crippen LogP contribution in [0.5, 0.6) is 0 Å². The van der Waals surface area contributed by atoms with Crippen molar-refractivity contribution in [3.63, 3.8) is 0 Å². The summed E-state index contributed by atoms with van der Waals surface area (Å²) in [4.78, 5) is 52.3. The molecular weight excluding hydrogens is 725 g/mol. The number of allylic oxidation sites excluding steroid dienone is 3. The van der Waals surface area contributed by atoms with Crippen LogP contribution in [0.2, 0.25) is 0 Å². The van der Waals surface area contributed by atoms with Crippen LogP contribution in [0.25, 0.3) is 23.8 Å². The van der Waals surface area contributed by atoms with Gasteiger partial charge in [0.25, 0.3) is 0 Å². The number of rotatable bonds is 16. The Morgan fingerprint density at radius 2 is 1.55 bits per heavy atom. The lowest BCUT2D eigenvalue weighted by molar-refractivity contribution is -0.143. The Labute approximate surface area is 344 Å². The van der Waals surface area contributed by atoms with Gasteiger partial charge < -0.3 is 29.7 Å². The van der Waals surface area contributed by atoms with Crippen LogP contribution in [0.3, 0.4) is 0 Å². The van der Waals surface area contributed by atoms with E-state index in [1.54, 1.807) is 0 Å². The largest absolute Gasteiger partial charge is 0.468 e. The molecule has 0 spiro atoms. The molecule has 3 aromatic rings. The van der Waals surface area contributed by atoms with Gasteiger partial charge in [-0.1, -0.05) is 72.3 Å². The van der Waals surface area contributed by atoms with E-state index in [9.17, 15) is 14.4 Å². The van der Waals surface area contributed by atoms with E-state index in [0.717, 1.165) is 76.3 Å². The van der Waals surface area contributed by atoms with Gasteiger partial charge in [-0.25, -0.2) is 0 Å². The number of carbonyl (C=O) groups excluding carboxylic acids is 3. The van der Waals surface area contributed by atoms with Crippen LogP contribution < -0.4 is 16.0 Å². The van der Waals surface area contributed by atoms with E-state index >= 15 is 0 Å². The maximum absolute atomic E-state index is 14.4. The Balaban J connectivity index is 1.36. The third kappa shape index (κ3) is 8.50. The third-order valence-corrected chi connectivity index (χ3v) is 13.2. The number of unbranched alkanes of at least 4 members (excludes halogenated alkanes) is 2. The van der Waals surface area contributed by atoms with Gasteiger partial charge in [0.15, 0.2) is 5.78 Å². The zero-order valence-corrected chi connectivity index (χ0v) is 36.6. The van der Waals surface area contributed by atoms with Crippen LogP contribution in [0, 0.1) is 44.4 Å². The van der Waals surface area contributed by atoms with Gasteiger partial charge >= 0.3 is 11.9 Å². The van der Waals surface area contributed by atoms with E-state index in [-0.39, 0.29) is 36.6 Å². The number of carbonyl (C=O) groups is 3. The minimum atomic E-state index is -1.13. The molecule has 1 aliphatic carbocycles. The average molecular weight is 791 g/mol. The molecule has 9 heteroatoms. The number of ketones is 1. The summed E-state index contributed by atoms with van der Waals surface area (Å²) in [5, 5.41) is 5.75. The first-order valence-corrected chi connectivity index (χ1v) is 21.8. The van der Waals surface area contributed by atoms with Crippen LogP contribution in [-0.2, 0) is 31.9 Å². The fourth-order valence-corrected chi connectivity index (χ4v) is 9.57. The maximum Gasteiger partial charge on any atom is 0.321 e. The van der Waals surface area contributed by atoms with Gasteiger partial charge in [-0.15, -0.1) is 0 Å². The minimum absolute atomic E-state index is 0.0582. The number of ether oxygens (including phenoxy) is 2. The fourth-order valence-electron chi connectivity index (χ4n) is 9.57. The van der Waals surface area contributed by atoms with Crippen molar-refractivity contribution in [3.8, 4) is 0 Å². The molecule has 3 aliphatic rings. The number of aromatic amines is 3. The second-order valence-electron chi connectivity index (χ2n) is 17.1. The van der Waals surface area contributed by atoms with Gasteiger partial charge in [-0.2, -0.15) is 0 Å². The van der Waals surface area contributed by atoms with Crippen molar-refractivity contribution in [1.82, 2.24) is 20.3 Å². The highest BCUT2D eigenvalue weighted by Gasteiger charge is 2.48. The molecule has 4 N–H and O–H groups in total. The highest BCUT2D eigenvalue weighted by atomic mass is 16.5. The SMILES string of the molecule is CCCCC[C@@H](C)CCC/C(C)=C/COC(=O)CC[C@@H]1/C2=C3/c4[nH]c(c(C)c4C(=O)[C@@H]3C(=O)OC)/C=c3\[nH]/c(c(C)c3CC)=C\c3[nH]c(c(C)c3CC)/C=C(\N2)[C@H]1C. The summed E-state index contributed by atoms with van der Waals surface area (Å²) in [5.41, 5.74) is 13.2. The molecule has 8 bridgehead atoms. The Bertz CT molecular complexity index is 2270. The summed E-state index contributed by atoms with van der Waals surface area (Å²) in [7, 11) is 1.33. The molecule has 6 rings (SSSR count). The molecule has 1 saturated heterocycles. The van der Waals surface area contributed by atoms with Crippen molar-refractivity contribution in [1.29, 1.82) is 0 Å². The number of esters is 2. The minimum Gasteiger partial charge on any atom is -0.468 e. The number of methoxy groups -OCH3 is 1. The number of H-pyrrole nitrogens is 3. The Hall–Kier alpha value is -4.79. The molecule has 9 nitrogen and oxygen atoms in total. The molecule has 0 aromatic carbocycles. The second-order valence-corrected chi connectivity index (χ2v) is 17.1. The lowest BCUT2D eigenvalue weighted by Crippen LogP contribution is -2.25. The molecule has 5 heterocycles. The van der Waals surface area contributed by atoms with E-state index in [2.05, 4.69) is 93.9 Å². The lowest BCUT2D eigenvalue weighted by Gasteiger charge is -2.19. The monoisotopic (exact) mass is 791 g/mol. The first-order chi connectivity index (χ1) is 27.8. The zero-order chi connectivity index (χ0) is 41.8. The third-order valence-electron chi connectivity index (χ3n) is 13.2. The topological polar surface area (TPSA) is 129 Å². The smallest absolute Gasteiger partial charge is 0.321 e. The van der Waals surface area contributed by atoms with E-state index < -0.39 is 11.9 Å². The summed E-state index contributed by atoms with van der Waals surface area (Å²) >= 11 is 0. The molecule has 0 amide bonds. The Kier molecular flexibility index (Phi) is 13.6. The first-order valence-electron chi connectivity index (χ1n) is 21.8. The second kappa shape index (κ2) is 18.4. The lowest BCUT2D eigenvalue weighted by atomic mass is 9.85. The van der Waals surface area contributed by atoms with Gasteiger partial charge in [0.1, 0.15) is 12.5 Å². The number of hydrogen-bond donors (Lipinski definition) is 4. The van der Waals surface area contributed by atoms with E-state index in [1.165, 1.54) is 67.0 Å². The van der Waals surface area contributed by atoms with Gasteiger partial charge in [0.05, 0.1) is 12.8 Å². The molecule has 2 aliphatic heterocycles. The molecule has 1 fully saturated rings. The molecule has 58 heavy (non-hydrogen) atoms. The van der Waals surface area contributed by atoms with Crippen molar-refractivity contribution in [2.75, 3.05) is 13.7 Å². The molecule has 0 unspecified atom stereocenters. The van der Waals surface area contributed by atoms with Crippen LogP contribution in [0.15, 0.2) is 23.0 Å². The van der Waals surface area contributed by atoms with Crippen LogP contribution in [0.1, 0.15) is 160 Å². The molecule has 3 aromatic heterocycles. The van der Waals surface area contributed by atoms with Crippen molar-refractivity contribution in [3.05, 3.63) is 89.9 Å². The highest BCUT2D eigenvalue weighted by Crippen LogP contribution is 2.48. The van der Waals surface area contributed by atoms with Crippen molar-refractivity contribution >= 4 is 41.5 Å². The highest BCUT2D eigenvalue weighted by molar-refractivity contribution is 6.24. The normalized spacial score (nSPS) is 22.4. The molecule has 312 valence electrons. The molecule has 4 atom stereocenters. The Morgan fingerprint density at radius 3 is 2.26 bits per heavy atom. The van der Waals surface area contributed by atoms with Crippen molar-refractivity contribution < 1.29 is 23.9 Å². The maximum atomic E-state index is 14.4. The number of Topliss-reactive ketones (excluding diaryl/α,β-unsaturated/α-hetero) is 1. The van der Waals surface area contributed by atoms with Gasteiger partial charge in [-0.3, -0.25) is 14.4 Å². The predicted molar refractivity (Wildman–Crippen MR) is 233 cm³/mol. The standard InChI is InChI=1S/C49H66N4O5/c1-11-14-15-17-27(4)18-16-19-28(5)22-23-58-42(54)21-20-35-31(8)38-24-36-29(6)33(12-2)40(50-36)25-37-30(7)34(13-3)41(51-37)26-39-32(9)43-47(53-39)44(46(35)52-38)45(48(43)55)49(56)57-10/h22,24-27,31,35,45,50-53H,11-21,23H2,1-10H3/b28-22+,37-25-,38-24-,41-26-,46-44-/t27-,31+,35+,45-/m1/s1. The van der Waals surface area contributed by atoms with Crippen LogP contribution >= 0.6 is 0 Å². The summed E-state index contributed by atoms with van der Waals surface area (Å²) in [5.74, 6) is -1.78. The zero-order valence-electron chi connectivity index (χ0n) is 36.6. The van der Waals surface area contributed by atoms with Gasteiger partial charge in [0, 0.05) is 68.6 Å². The summed E-state index contributed by atoms with van der Waals surface area (Å²) in [6, 6.07) is 0. The number of aromatic nitrogens is 3. The Morgan fingerprint density at radius 1 is 0.845 bits per heavy atom. The summed E-state index contributed by atoms with van der Waals surface area (Å²) in [6.07, 6.45) is 19.4. The molecule has 0 radical (unpaired) electrons. The first kappa shape index (κ1) is 42.8. The quantitative estimate of drug-likeness (QED) is 0.0497. The van der Waals surface area contributed by atoms with E-state index in [0.29, 0.717) is 23.3 Å². The number of nitrogens with one attached hydrogen (secondary N) is 4. The average Bonchev–Trinajstić information content (AvgIpc) is 3.94. The summed E-state index contributed by atoms with van der Waals surface area (Å²) in [6.45, 7) is 19.7. The van der Waals surface area contributed by atoms with Crippen LogP contribution in [-0.4, -0.2) is 46.4 Å².